The summed E-state index contributed by atoms with van der Waals surface area (Å²) in [5, 5.41) is 3.24. The van der Waals surface area contributed by atoms with E-state index < -0.39 is 0 Å². The molecule has 0 bridgehead atoms. The SMILES string of the molecule is CP1CC1CC1=CCC(CNCC=C=O)C=C1. The quantitative estimate of drug-likeness (QED) is 0.445. The molecule has 0 spiro atoms. The average molecular weight is 249 g/mol. The van der Waals surface area contributed by atoms with Gasteiger partial charge in [-0.25, -0.2) is 4.79 Å². The summed E-state index contributed by atoms with van der Waals surface area (Å²) in [6.07, 6.45) is 12.4. The van der Waals surface area contributed by atoms with Gasteiger partial charge in [-0.2, -0.15) is 0 Å². The Bertz CT molecular complexity index is 368. The smallest absolute Gasteiger partial charge is 0.121 e. The third kappa shape index (κ3) is 4.24. The van der Waals surface area contributed by atoms with E-state index in [9.17, 15) is 4.79 Å². The van der Waals surface area contributed by atoms with Crippen LogP contribution in [0.5, 0.6) is 0 Å². The zero-order chi connectivity index (χ0) is 12.1. The first-order valence-corrected chi connectivity index (χ1v) is 8.31. The molecule has 1 N–H and O–H groups in total. The zero-order valence-corrected chi connectivity index (χ0v) is 11.2. The minimum atomic E-state index is 0.389. The van der Waals surface area contributed by atoms with Crippen molar-refractivity contribution in [3.05, 3.63) is 29.9 Å². The minimum Gasteiger partial charge on any atom is -0.312 e. The van der Waals surface area contributed by atoms with Gasteiger partial charge in [0, 0.05) is 19.2 Å². The molecule has 1 fully saturated rings. The van der Waals surface area contributed by atoms with E-state index >= 15 is 0 Å². The second-order valence-corrected chi connectivity index (χ2v) is 7.52. The van der Waals surface area contributed by atoms with Gasteiger partial charge >= 0.3 is 0 Å². The molecule has 1 heterocycles. The van der Waals surface area contributed by atoms with Crippen molar-refractivity contribution in [2.45, 2.75) is 18.5 Å². The molecule has 0 aromatic heterocycles. The van der Waals surface area contributed by atoms with Crippen LogP contribution in [0.25, 0.3) is 0 Å². The maximum atomic E-state index is 9.99. The normalized spacial score (nSPS) is 30.6. The standard InChI is InChI=1S/C14H20NOP/c1-17-11-14(17)9-12-3-5-13(6-4-12)10-15-7-2-8-16/h2-5,13-15H,6-7,9-11H2,1H3. The van der Waals surface area contributed by atoms with Crippen molar-refractivity contribution in [2.75, 3.05) is 25.9 Å². The number of nitrogens with one attached hydrogen (secondary N) is 1. The van der Waals surface area contributed by atoms with Gasteiger partial charge < -0.3 is 5.32 Å². The van der Waals surface area contributed by atoms with Crippen LogP contribution >= 0.6 is 7.92 Å². The number of hydrogen-bond donors (Lipinski definition) is 1. The highest BCUT2D eigenvalue weighted by atomic mass is 31.1. The van der Waals surface area contributed by atoms with Crippen LogP contribution in [0.4, 0.5) is 0 Å². The Morgan fingerprint density at radius 2 is 2.47 bits per heavy atom. The molecule has 0 saturated carbocycles. The summed E-state index contributed by atoms with van der Waals surface area (Å²) in [6.45, 7) is 3.98. The van der Waals surface area contributed by atoms with Crippen LogP contribution in [0.3, 0.4) is 0 Å². The largest absolute Gasteiger partial charge is 0.312 e. The average Bonchev–Trinajstić information content (AvgIpc) is 3.03. The van der Waals surface area contributed by atoms with E-state index in [-0.39, 0.29) is 0 Å². The Labute approximate surface area is 105 Å². The van der Waals surface area contributed by atoms with Gasteiger partial charge in [-0.15, -0.1) is 7.92 Å². The molecule has 3 unspecified atom stereocenters. The Morgan fingerprint density at radius 1 is 1.65 bits per heavy atom. The number of carbonyl (C=O) groups excluding carboxylic acids is 1. The lowest BCUT2D eigenvalue weighted by atomic mass is 9.95. The summed E-state index contributed by atoms with van der Waals surface area (Å²) in [7, 11) is 0.389. The Hall–Kier alpha value is -0.680. The highest BCUT2D eigenvalue weighted by molar-refractivity contribution is 7.65. The van der Waals surface area contributed by atoms with Crippen molar-refractivity contribution in [3.8, 4) is 0 Å². The summed E-state index contributed by atoms with van der Waals surface area (Å²) >= 11 is 0. The van der Waals surface area contributed by atoms with Gasteiger partial charge in [0.2, 0.25) is 0 Å². The summed E-state index contributed by atoms with van der Waals surface area (Å²) in [5.74, 6) is 2.36. The molecule has 1 aliphatic carbocycles. The van der Waals surface area contributed by atoms with Crippen LogP contribution in [0.2, 0.25) is 0 Å². The van der Waals surface area contributed by atoms with E-state index in [1.165, 1.54) is 24.2 Å². The molecule has 2 nitrogen and oxygen atoms in total. The Kier molecular flexibility index (Phi) is 4.74. The molecule has 1 aliphatic heterocycles. The Balaban J connectivity index is 1.66. The van der Waals surface area contributed by atoms with Crippen LogP contribution in [-0.2, 0) is 4.79 Å². The van der Waals surface area contributed by atoms with Gasteiger partial charge in [0.05, 0.1) is 0 Å². The Morgan fingerprint density at radius 3 is 3.06 bits per heavy atom. The van der Waals surface area contributed by atoms with E-state index in [0.717, 1.165) is 18.6 Å². The third-order valence-electron chi connectivity index (χ3n) is 3.46. The van der Waals surface area contributed by atoms with Crippen LogP contribution < -0.4 is 5.32 Å². The lowest BCUT2D eigenvalue weighted by Crippen LogP contribution is -2.22. The number of allylic oxidation sites excluding steroid dienone is 3. The molecule has 17 heavy (non-hydrogen) atoms. The second kappa shape index (κ2) is 6.31. The van der Waals surface area contributed by atoms with E-state index in [1.54, 1.807) is 5.94 Å². The van der Waals surface area contributed by atoms with Crippen LogP contribution in [0, 0.1) is 5.92 Å². The topological polar surface area (TPSA) is 29.1 Å². The second-order valence-electron chi connectivity index (χ2n) is 4.91. The van der Waals surface area contributed by atoms with Crippen LogP contribution in [0.1, 0.15) is 12.8 Å². The summed E-state index contributed by atoms with van der Waals surface area (Å²) in [5.41, 5.74) is 2.54. The monoisotopic (exact) mass is 249 g/mol. The lowest BCUT2D eigenvalue weighted by molar-refractivity contribution is 0.563. The molecule has 1 saturated heterocycles. The highest BCUT2D eigenvalue weighted by Crippen LogP contribution is 2.58. The molecule has 0 amide bonds. The van der Waals surface area contributed by atoms with Gasteiger partial charge in [0.15, 0.2) is 0 Å². The van der Waals surface area contributed by atoms with E-state index in [0.29, 0.717) is 20.4 Å². The molecule has 3 heteroatoms. The van der Waals surface area contributed by atoms with Crippen LogP contribution in [0.15, 0.2) is 29.9 Å². The molecular weight excluding hydrogens is 229 g/mol. The van der Waals surface area contributed by atoms with Crippen molar-refractivity contribution in [1.82, 2.24) is 5.32 Å². The number of hydrogen-bond acceptors (Lipinski definition) is 2. The predicted molar refractivity (Wildman–Crippen MR) is 74.6 cm³/mol. The molecule has 92 valence electrons. The molecule has 2 rings (SSSR count). The lowest BCUT2D eigenvalue weighted by Gasteiger charge is -2.16. The maximum absolute atomic E-state index is 9.99. The molecular formula is C14H20NOP. The van der Waals surface area contributed by atoms with Crippen molar-refractivity contribution in [3.63, 3.8) is 0 Å². The zero-order valence-electron chi connectivity index (χ0n) is 10.4. The fraction of sp³-hybridized carbons (Fsp3) is 0.571. The molecule has 0 radical (unpaired) electrons. The first-order chi connectivity index (χ1) is 8.29. The molecule has 2 aliphatic rings. The third-order valence-corrected chi connectivity index (χ3v) is 5.62. The van der Waals surface area contributed by atoms with E-state index in [4.69, 9.17) is 0 Å². The molecule has 0 aromatic carbocycles. The summed E-state index contributed by atoms with van der Waals surface area (Å²) in [6, 6.07) is 0. The fourth-order valence-electron chi connectivity index (χ4n) is 2.17. The van der Waals surface area contributed by atoms with Gasteiger partial charge in [-0.05, 0) is 37.2 Å². The highest BCUT2D eigenvalue weighted by Gasteiger charge is 2.32. The predicted octanol–water partition coefficient (Wildman–Crippen LogP) is 2.35. The van der Waals surface area contributed by atoms with Gasteiger partial charge in [0.1, 0.15) is 5.94 Å². The van der Waals surface area contributed by atoms with E-state index in [1.807, 2.05) is 0 Å². The molecule has 3 atom stereocenters. The molecule has 0 aromatic rings. The van der Waals surface area contributed by atoms with Gasteiger partial charge in [-0.1, -0.05) is 23.8 Å². The van der Waals surface area contributed by atoms with Gasteiger partial charge in [0.25, 0.3) is 0 Å². The van der Waals surface area contributed by atoms with Gasteiger partial charge in [-0.3, -0.25) is 0 Å². The van der Waals surface area contributed by atoms with Crippen molar-refractivity contribution >= 4 is 13.9 Å². The maximum Gasteiger partial charge on any atom is 0.121 e. The van der Waals surface area contributed by atoms with Crippen molar-refractivity contribution in [2.24, 2.45) is 5.92 Å². The minimum absolute atomic E-state index is 0.389. The van der Waals surface area contributed by atoms with E-state index in [2.05, 4.69) is 30.2 Å². The summed E-state index contributed by atoms with van der Waals surface area (Å²) < 4.78 is 0. The van der Waals surface area contributed by atoms with Crippen molar-refractivity contribution in [1.29, 1.82) is 0 Å². The first kappa shape index (κ1) is 12.8. The van der Waals surface area contributed by atoms with Crippen LogP contribution in [-0.4, -0.2) is 37.5 Å². The first-order valence-electron chi connectivity index (χ1n) is 6.27. The fourth-order valence-corrected chi connectivity index (χ4v) is 3.88. The number of rotatable bonds is 6. The summed E-state index contributed by atoms with van der Waals surface area (Å²) in [4.78, 5) is 9.99. The van der Waals surface area contributed by atoms with Crippen molar-refractivity contribution < 1.29 is 4.79 Å².